The Morgan fingerprint density at radius 1 is 0.900 bits per heavy atom. The van der Waals surface area contributed by atoms with Gasteiger partial charge >= 0.3 is 0 Å². The first kappa shape index (κ1) is 20.8. The molecule has 0 spiro atoms. The summed E-state index contributed by atoms with van der Waals surface area (Å²) in [6.07, 6.45) is -0.604. The molecule has 1 aromatic carbocycles. The molecule has 0 aliphatic rings. The molecule has 0 aliphatic heterocycles. The van der Waals surface area contributed by atoms with Crippen molar-refractivity contribution in [1.29, 1.82) is 0 Å². The van der Waals surface area contributed by atoms with E-state index in [0.29, 0.717) is 0 Å². The second-order valence-electron chi connectivity index (χ2n) is 3.05. The fourth-order valence-corrected chi connectivity index (χ4v) is 1.11. The van der Waals surface area contributed by atoms with Gasteiger partial charge in [-0.3, -0.25) is 0 Å². The van der Waals surface area contributed by atoms with Crippen molar-refractivity contribution in [3.05, 3.63) is 34.6 Å². The third-order valence-electron chi connectivity index (χ3n) is 1.92. The molecule has 2 nitrogen and oxygen atoms in total. The number of hydrogen-bond acceptors (Lipinski definition) is 2. The molecule has 0 saturated carbocycles. The van der Waals surface area contributed by atoms with E-state index in [4.69, 9.17) is 5.73 Å². The zero-order valence-electron chi connectivity index (χ0n) is 11.7. The van der Waals surface area contributed by atoms with Crippen LogP contribution in [0, 0.1) is 29.1 Å². The van der Waals surface area contributed by atoms with Gasteiger partial charge in [-0.1, -0.05) is 27.7 Å². The van der Waals surface area contributed by atoms with Gasteiger partial charge in [-0.2, -0.15) is 0 Å². The first-order valence-electron chi connectivity index (χ1n) is 6.11. The van der Waals surface area contributed by atoms with Crippen LogP contribution in [-0.2, 0) is 11.2 Å². The van der Waals surface area contributed by atoms with Crippen LogP contribution in [0.3, 0.4) is 0 Å². The summed E-state index contributed by atoms with van der Waals surface area (Å²) < 4.78 is 63.9. The molecule has 7 heteroatoms. The van der Waals surface area contributed by atoms with Crippen LogP contribution in [0.4, 0.5) is 22.0 Å². The zero-order chi connectivity index (χ0) is 16.5. The predicted octanol–water partition coefficient (Wildman–Crippen LogP) is 3.75. The van der Waals surface area contributed by atoms with Crippen molar-refractivity contribution in [2.24, 2.45) is 5.73 Å². The lowest BCUT2D eigenvalue weighted by atomic mass is 10.1. The normalized spacial score (nSPS) is 10.7. The summed E-state index contributed by atoms with van der Waals surface area (Å²) in [5.41, 5.74) is 3.95. The summed E-state index contributed by atoms with van der Waals surface area (Å²) in [4.78, 5) is 10.1. The third kappa shape index (κ3) is 4.88. The van der Waals surface area contributed by atoms with Crippen LogP contribution in [0.25, 0.3) is 0 Å². The van der Waals surface area contributed by atoms with Crippen molar-refractivity contribution in [2.75, 3.05) is 0 Å². The van der Waals surface area contributed by atoms with Crippen LogP contribution in [0.5, 0.6) is 0 Å². The molecule has 0 fully saturated rings. The Balaban J connectivity index is -0.000000595. The number of rotatable bonds is 3. The number of aldehydes is 1. The summed E-state index contributed by atoms with van der Waals surface area (Å²) in [6, 6.07) is -1.33. The van der Waals surface area contributed by atoms with Crippen LogP contribution in [0.1, 0.15) is 34.7 Å². The summed E-state index contributed by atoms with van der Waals surface area (Å²) in [5, 5.41) is 0. The smallest absolute Gasteiger partial charge is 0.200 e. The monoisotopic (exact) mass is 301 g/mol. The van der Waals surface area contributed by atoms with Gasteiger partial charge in [-0.25, -0.2) is 22.0 Å². The molecule has 1 aromatic rings. The van der Waals surface area contributed by atoms with Crippen molar-refractivity contribution in [3.63, 3.8) is 0 Å². The number of nitrogens with two attached hydrogens (primary N) is 1. The molecule has 0 radical (unpaired) electrons. The van der Waals surface area contributed by atoms with Crippen molar-refractivity contribution >= 4 is 6.29 Å². The first-order chi connectivity index (χ1) is 9.40. The van der Waals surface area contributed by atoms with Crippen LogP contribution in [0.2, 0.25) is 0 Å². The molecule has 0 aromatic heterocycles. The van der Waals surface area contributed by atoms with E-state index in [-0.39, 0.29) is 7.71 Å². The van der Waals surface area contributed by atoms with Gasteiger partial charge in [0, 0.05) is 13.4 Å². The number of carbonyl (C=O) groups excluding carboxylic acids is 1. The molecule has 0 amide bonds. The Labute approximate surface area is 116 Å². The second kappa shape index (κ2) is 10.3. The summed E-state index contributed by atoms with van der Waals surface area (Å²) in [5.74, 6) is -10.3. The SMILES string of the molecule is CC.CC.N[C@H](C=O)Cc1c(F)c(F)c(F)c(F)c1F.[HH]. The largest absolute Gasteiger partial charge is 0.321 e. The van der Waals surface area contributed by atoms with Crippen molar-refractivity contribution < 1.29 is 28.2 Å². The Bertz CT molecular complexity index is 414. The number of halogens is 5. The minimum absolute atomic E-state index is 0. The quantitative estimate of drug-likeness (QED) is 0.400. The van der Waals surface area contributed by atoms with E-state index in [2.05, 4.69) is 0 Å². The van der Waals surface area contributed by atoms with Gasteiger partial charge in [-0.15, -0.1) is 0 Å². The van der Waals surface area contributed by atoms with Crippen LogP contribution < -0.4 is 5.73 Å². The average Bonchev–Trinajstić information content (AvgIpc) is 2.51. The molecule has 0 saturated heterocycles. The Morgan fingerprint density at radius 2 is 1.20 bits per heavy atom. The maximum absolute atomic E-state index is 13.0. The Kier molecular flexibility index (Phi) is 10.7. The van der Waals surface area contributed by atoms with E-state index < -0.39 is 47.1 Å². The zero-order valence-corrected chi connectivity index (χ0v) is 11.7. The molecule has 1 rings (SSSR count). The van der Waals surface area contributed by atoms with Gasteiger partial charge in [0.1, 0.15) is 6.29 Å². The van der Waals surface area contributed by atoms with E-state index in [1.165, 1.54) is 0 Å². The van der Waals surface area contributed by atoms with Crippen LogP contribution in [-0.4, -0.2) is 12.3 Å². The predicted molar refractivity (Wildman–Crippen MR) is 68.8 cm³/mol. The highest BCUT2D eigenvalue weighted by Gasteiger charge is 2.26. The molecular weight excluding hydrogens is 281 g/mol. The topological polar surface area (TPSA) is 43.1 Å². The Morgan fingerprint density at radius 3 is 1.50 bits per heavy atom. The van der Waals surface area contributed by atoms with Gasteiger partial charge < -0.3 is 10.5 Å². The molecule has 2 N–H and O–H groups in total. The Hall–Kier alpha value is -1.50. The number of carbonyl (C=O) groups is 1. The molecule has 1 atom stereocenters. The van der Waals surface area contributed by atoms with Gasteiger partial charge in [0.05, 0.1) is 6.04 Å². The minimum Gasteiger partial charge on any atom is -0.321 e. The standard InChI is InChI=1S/C9H6F5NO.2C2H6.H2/c10-5-4(1-3(15)2-16)6(11)8(13)9(14)7(5)12;2*1-2;/h2-3H,1,15H2;2*1-2H3;1H/t3-;;;/m0.../s1. The molecular formula is C13H20F5NO. The van der Waals surface area contributed by atoms with E-state index >= 15 is 0 Å². The average molecular weight is 301 g/mol. The van der Waals surface area contributed by atoms with Crippen molar-refractivity contribution in [2.45, 2.75) is 40.2 Å². The fourth-order valence-electron chi connectivity index (χ4n) is 1.11. The summed E-state index contributed by atoms with van der Waals surface area (Å²) in [6.45, 7) is 8.00. The molecule has 0 heterocycles. The number of benzene rings is 1. The summed E-state index contributed by atoms with van der Waals surface area (Å²) >= 11 is 0. The molecule has 0 aliphatic carbocycles. The van der Waals surface area contributed by atoms with E-state index in [9.17, 15) is 26.7 Å². The first-order valence-corrected chi connectivity index (χ1v) is 6.11. The lowest BCUT2D eigenvalue weighted by molar-refractivity contribution is -0.108. The molecule has 20 heavy (non-hydrogen) atoms. The highest BCUT2D eigenvalue weighted by atomic mass is 19.2. The van der Waals surface area contributed by atoms with Gasteiger partial charge in [0.25, 0.3) is 0 Å². The summed E-state index contributed by atoms with van der Waals surface area (Å²) in [7, 11) is 0. The van der Waals surface area contributed by atoms with Gasteiger partial charge in [0.2, 0.25) is 5.82 Å². The highest BCUT2D eigenvalue weighted by Crippen LogP contribution is 2.23. The molecule has 0 bridgehead atoms. The van der Waals surface area contributed by atoms with Crippen molar-refractivity contribution in [1.82, 2.24) is 0 Å². The maximum Gasteiger partial charge on any atom is 0.200 e. The lowest BCUT2D eigenvalue weighted by Crippen LogP contribution is -2.26. The number of hydrogen-bond donors (Lipinski definition) is 1. The van der Waals surface area contributed by atoms with Gasteiger partial charge in [-0.05, 0) is 0 Å². The molecule has 0 unspecified atom stereocenters. The lowest BCUT2D eigenvalue weighted by Gasteiger charge is -2.09. The third-order valence-corrected chi connectivity index (χ3v) is 1.92. The van der Waals surface area contributed by atoms with Crippen LogP contribution >= 0.6 is 0 Å². The van der Waals surface area contributed by atoms with E-state index in [0.717, 1.165) is 0 Å². The van der Waals surface area contributed by atoms with E-state index in [1.54, 1.807) is 0 Å². The maximum atomic E-state index is 13.0. The fraction of sp³-hybridized carbons (Fsp3) is 0.462. The van der Waals surface area contributed by atoms with Crippen LogP contribution in [0.15, 0.2) is 0 Å². The second-order valence-corrected chi connectivity index (χ2v) is 3.05. The minimum atomic E-state index is -2.24. The van der Waals surface area contributed by atoms with Crippen molar-refractivity contribution in [3.8, 4) is 0 Å². The highest BCUT2D eigenvalue weighted by molar-refractivity contribution is 5.57. The molecule has 118 valence electrons. The van der Waals surface area contributed by atoms with E-state index in [1.807, 2.05) is 27.7 Å². The van der Waals surface area contributed by atoms with Gasteiger partial charge in [0.15, 0.2) is 23.3 Å².